The molecule has 4 rings (SSSR count). The van der Waals surface area contributed by atoms with Crippen LogP contribution in [0.4, 0.5) is 5.69 Å². The standard InChI is InChI=1S/C25H23N3O14S3/c1-10(29)18(9-43(33,34)35)28-24(30)11-2-3-12(15(8-11)25(31)32)19-13-4-6-16(26)22(44(36,37)38)20(13)42-21-14(19)5-7-17(27)23(21)45(39,40)41/h2-8,16,18H,9,26-27H2,1H3,(H,28,30)(H,31,32)(H,33,34,35)(H,36,37,38)(H,39,40,41). The molecule has 2 aromatic carbocycles. The quantitative estimate of drug-likeness (QED) is 0.135. The Labute approximate surface area is 255 Å². The van der Waals surface area contributed by atoms with Crippen LogP contribution in [0.5, 0.6) is 5.75 Å². The van der Waals surface area contributed by atoms with E-state index in [0.717, 1.165) is 37.3 Å². The smallest absolute Gasteiger partial charge is 0.336 e. The highest BCUT2D eigenvalue weighted by molar-refractivity contribution is 7.90. The number of carbonyl (C=O) groups excluding carboxylic acids is 2. The van der Waals surface area contributed by atoms with Crippen LogP contribution in [0.2, 0.25) is 0 Å². The lowest BCUT2D eigenvalue weighted by atomic mass is 9.84. The second kappa shape index (κ2) is 11.5. The lowest BCUT2D eigenvalue weighted by Gasteiger charge is -2.31. The fourth-order valence-electron chi connectivity index (χ4n) is 4.71. The first kappa shape index (κ1) is 33.5. The highest BCUT2D eigenvalue weighted by atomic mass is 32.2. The Hall–Kier alpha value is -4.44. The van der Waals surface area contributed by atoms with Crippen LogP contribution in [0.3, 0.4) is 0 Å². The molecule has 0 saturated carbocycles. The maximum atomic E-state index is 12.9. The van der Waals surface area contributed by atoms with Crippen LogP contribution >= 0.6 is 0 Å². The van der Waals surface area contributed by atoms with Crippen molar-refractivity contribution in [3.8, 4) is 5.75 Å². The van der Waals surface area contributed by atoms with E-state index in [9.17, 15) is 53.8 Å². The lowest BCUT2D eigenvalue weighted by Crippen LogP contribution is -2.44. The number of carboxylic acid groups (broad SMARTS) is 1. The molecule has 1 aliphatic carbocycles. The van der Waals surface area contributed by atoms with Crippen molar-refractivity contribution in [2.24, 2.45) is 5.73 Å². The predicted octanol–water partition coefficient (Wildman–Crippen LogP) is -0.0203. The van der Waals surface area contributed by atoms with Crippen molar-refractivity contribution >= 4 is 59.3 Å². The Morgan fingerprint density at radius 2 is 1.60 bits per heavy atom. The van der Waals surface area contributed by atoms with Crippen molar-refractivity contribution < 1.29 is 63.1 Å². The molecule has 17 nitrogen and oxygen atoms in total. The van der Waals surface area contributed by atoms with Gasteiger partial charge in [-0.1, -0.05) is 18.2 Å². The van der Waals surface area contributed by atoms with Crippen LogP contribution in [0, 0.1) is 0 Å². The van der Waals surface area contributed by atoms with Crippen LogP contribution in [0.15, 0.2) is 63.6 Å². The van der Waals surface area contributed by atoms with Gasteiger partial charge in [0, 0.05) is 22.3 Å². The summed E-state index contributed by atoms with van der Waals surface area (Å²) in [6, 6.07) is 1.97. The van der Waals surface area contributed by atoms with Crippen LogP contribution < -0.4 is 21.5 Å². The summed E-state index contributed by atoms with van der Waals surface area (Å²) < 4.78 is 107. The Balaban J connectivity index is 2.03. The van der Waals surface area contributed by atoms with E-state index in [1.807, 2.05) is 0 Å². The number of nitrogens with two attached hydrogens (primary N) is 2. The predicted molar refractivity (Wildman–Crippen MR) is 155 cm³/mol. The topological polar surface area (TPSA) is 308 Å². The molecular formula is C25H23N3O14S3. The summed E-state index contributed by atoms with van der Waals surface area (Å²) >= 11 is 0. The number of fused-ring (bicyclic) bond motifs is 2. The van der Waals surface area contributed by atoms with Crippen molar-refractivity contribution in [2.45, 2.75) is 23.9 Å². The number of carbonyl (C=O) groups is 3. The molecule has 2 unspecified atom stereocenters. The first-order valence-corrected chi connectivity index (χ1v) is 16.7. The second-order valence-electron chi connectivity index (χ2n) is 9.73. The molecule has 0 spiro atoms. The normalized spacial score (nSPS) is 17.2. The highest BCUT2D eigenvalue weighted by Gasteiger charge is 2.39. The number of hydrogen-bond acceptors (Lipinski definition) is 12. The fourth-order valence-corrected chi connectivity index (χ4v) is 7.01. The van der Waals surface area contributed by atoms with Crippen LogP contribution in [-0.4, -0.2) is 79.5 Å². The zero-order valence-corrected chi connectivity index (χ0v) is 25.1. The molecule has 20 heteroatoms. The van der Waals surface area contributed by atoms with Gasteiger partial charge in [-0.3, -0.25) is 23.2 Å². The maximum absolute atomic E-state index is 12.9. The number of Topliss-reactive ketones (excluding diaryl/α,β-unsaturated/α-hetero) is 1. The SMILES string of the molecule is CC(=O)C(CS(=O)(=O)O)NC(=O)c1ccc(C2=C3C=CC(N)C(S(=O)(=O)O)=C3Oc3c2ccc(N)c3S(=O)(=O)O)c(C(=O)O)c1. The van der Waals surface area contributed by atoms with Crippen molar-refractivity contribution in [2.75, 3.05) is 11.5 Å². The van der Waals surface area contributed by atoms with Crippen molar-refractivity contribution in [3.63, 3.8) is 0 Å². The molecule has 0 aromatic heterocycles. The molecule has 0 fully saturated rings. The van der Waals surface area contributed by atoms with Gasteiger partial charge in [-0.05, 0) is 36.8 Å². The highest BCUT2D eigenvalue weighted by Crippen LogP contribution is 2.49. The molecule has 0 saturated heterocycles. The zero-order valence-electron chi connectivity index (χ0n) is 22.7. The van der Waals surface area contributed by atoms with Crippen LogP contribution in [0.1, 0.15) is 38.8 Å². The molecule has 45 heavy (non-hydrogen) atoms. The Morgan fingerprint density at radius 1 is 0.978 bits per heavy atom. The molecule has 2 atom stereocenters. The van der Waals surface area contributed by atoms with E-state index in [0.29, 0.717) is 0 Å². The minimum Gasteiger partial charge on any atom is -0.478 e. The number of ether oxygens (including phenoxy) is 1. The number of nitrogen functional groups attached to an aromatic ring is 1. The molecule has 9 N–H and O–H groups in total. The molecule has 0 bridgehead atoms. The maximum Gasteiger partial charge on any atom is 0.336 e. The van der Waals surface area contributed by atoms with Gasteiger partial charge in [0.25, 0.3) is 36.3 Å². The molecule has 1 heterocycles. The van der Waals surface area contributed by atoms with Gasteiger partial charge in [-0.25, -0.2) is 4.79 Å². The molecule has 240 valence electrons. The molecule has 1 amide bonds. The molecule has 0 radical (unpaired) electrons. The minimum atomic E-state index is -5.17. The second-order valence-corrected chi connectivity index (χ2v) is 14.0. The number of hydrogen-bond donors (Lipinski definition) is 7. The molecule has 2 aliphatic rings. The van der Waals surface area contributed by atoms with Gasteiger partial charge < -0.3 is 26.6 Å². The summed E-state index contributed by atoms with van der Waals surface area (Å²) in [4.78, 5) is 35.3. The average molecular weight is 686 g/mol. The molecule has 1 aliphatic heterocycles. The summed E-state index contributed by atoms with van der Waals surface area (Å²) in [5.74, 6) is -6.22. The van der Waals surface area contributed by atoms with Gasteiger partial charge in [0.2, 0.25) is 0 Å². The number of anilines is 1. The molecular weight excluding hydrogens is 662 g/mol. The number of amides is 1. The van der Waals surface area contributed by atoms with Gasteiger partial charge in [-0.2, -0.15) is 25.3 Å². The number of ketones is 1. The zero-order chi connectivity index (χ0) is 33.8. The third kappa shape index (κ3) is 6.66. The van der Waals surface area contributed by atoms with Crippen LogP contribution in [0.25, 0.3) is 5.57 Å². The van der Waals surface area contributed by atoms with Gasteiger partial charge in [0.15, 0.2) is 22.2 Å². The van der Waals surface area contributed by atoms with E-state index in [4.69, 9.17) is 20.8 Å². The van der Waals surface area contributed by atoms with Crippen molar-refractivity contribution in [1.82, 2.24) is 5.32 Å². The third-order valence-electron chi connectivity index (χ3n) is 6.62. The Kier molecular flexibility index (Phi) is 8.54. The number of carboxylic acids is 1. The van der Waals surface area contributed by atoms with E-state index in [1.165, 1.54) is 12.1 Å². The van der Waals surface area contributed by atoms with Gasteiger partial charge in [0.1, 0.15) is 16.7 Å². The summed E-state index contributed by atoms with van der Waals surface area (Å²) in [5.41, 5.74) is 9.17. The number of rotatable bonds is 9. The number of allylic oxidation sites excluding steroid dienone is 1. The summed E-state index contributed by atoms with van der Waals surface area (Å²) in [6.07, 6.45) is 2.34. The van der Waals surface area contributed by atoms with Gasteiger partial charge in [-0.15, -0.1) is 0 Å². The van der Waals surface area contributed by atoms with E-state index in [-0.39, 0.29) is 22.3 Å². The Morgan fingerprint density at radius 3 is 2.13 bits per heavy atom. The van der Waals surface area contributed by atoms with E-state index in [1.54, 1.807) is 0 Å². The first-order chi connectivity index (χ1) is 20.6. The van der Waals surface area contributed by atoms with Gasteiger partial charge >= 0.3 is 5.97 Å². The fraction of sp³-hybridized carbons (Fsp3) is 0.160. The van der Waals surface area contributed by atoms with Crippen molar-refractivity contribution in [3.05, 3.63) is 81.0 Å². The molecule has 2 aromatic rings. The third-order valence-corrected chi connectivity index (χ3v) is 9.32. The lowest BCUT2D eigenvalue weighted by molar-refractivity contribution is -0.118. The number of aromatic carboxylic acids is 1. The summed E-state index contributed by atoms with van der Waals surface area (Å²) in [6.45, 7) is 0.946. The van der Waals surface area contributed by atoms with Crippen LogP contribution in [-0.2, 0) is 35.1 Å². The summed E-state index contributed by atoms with van der Waals surface area (Å²) in [5, 5.41) is 12.2. The largest absolute Gasteiger partial charge is 0.478 e. The number of nitrogens with one attached hydrogen (secondary N) is 1. The average Bonchev–Trinajstić information content (AvgIpc) is 2.88. The Bertz CT molecular complexity index is 2120. The van der Waals surface area contributed by atoms with E-state index >= 15 is 0 Å². The minimum absolute atomic E-state index is 0.201. The van der Waals surface area contributed by atoms with E-state index < -0.39 is 104 Å². The van der Waals surface area contributed by atoms with E-state index in [2.05, 4.69) is 5.32 Å². The summed E-state index contributed by atoms with van der Waals surface area (Å²) in [7, 11) is -15.0. The monoisotopic (exact) mass is 685 g/mol. The number of benzene rings is 2. The first-order valence-electron chi connectivity index (χ1n) is 12.2. The van der Waals surface area contributed by atoms with Crippen molar-refractivity contribution in [1.29, 1.82) is 0 Å². The van der Waals surface area contributed by atoms with Gasteiger partial charge in [0.05, 0.1) is 17.3 Å².